The van der Waals surface area contributed by atoms with Gasteiger partial charge in [0.15, 0.2) is 0 Å². The molecule has 4 rings (SSSR count). The van der Waals surface area contributed by atoms with Crippen molar-refractivity contribution >= 4 is 17.4 Å². The summed E-state index contributed by atoms with van der Waals surface area (Å²) in [6, 6.07) is 17.2. The Hall–Kier alpha value is -3.80. The second-order valence-electron chi connectivity index (χ2n) is 7.33. The predicted octanol–water partition coefficient (Wildman–Crippen LogP) is 4.47. The molecule has 6 heteroatoms. The van der Waals surface area contributed by atoms with Gasteiger partial charge in [0.25, 0.3) is 11.7 Å². The summed E-state index contributed by atoms with van der Waals surface area (Å²) in [6.45, 7) is 2.18. The van der Waals surface area contributed by atoms with Crippen LogP contribution in [-0.2, 0) is 22.6 Å². The molecule has 1 fully saturated rings. The highest BCUT2D eigenvalue weighted by Crippen LogP contribution is 2.40. The lowest BCUT2D eigenvalue weighted by molar-refractivity contribution is -0.140. The third kappa shape index (κ3) is 3.84. The van der Waals surface area contributed by atoms with Gasteiger partial charge < -0.3 is 19.2 Å². The Morgan fingerprint density at radius 3 is 2.35 bits per heavy atom. The summed E-state index contributed by atoms with van der Waals surface area (Å²) in [4.78, 5) is 27.4. The normalized spacial score (nSPS) is 17.9. The smallest absolute Gasteiger partial charge is 0.296 e. The van der Waals surface area contributed by atoms with Crippen LogP contribution in [0.1, 0.15) is 35.4 Å². The van der Waals surface area contributed by atoms with Crippen molar-refractivity contribution in [3.05, 3.63) is 95.0 Å². The molecule has 158 valence electrons. The number of hydrogen-bond acceptors (Lipinski definition) is 5. The molecule has 1 aliphatic rings. The maximum Gasteiger partial charge on any atom is 0.296 e. The van der Waals surface area contributed by atoms with Gasteiger partial charge in [0.05, 0.1) is 31.5 Å². The fourth-order valence-electron chi connectivity index (χ4n) is 3.80. The van der Waals surface area contributed by atoms with Crippen LogP contribution in [0.3, 0.4) is 0 Å². The Morgan fingerprint density at radius 2 is 1.77 bits per heavy atom. The van der Waals surface area contributed by atoms with Crippen molar-refractivity contribution in [2.75, 3.05) is 7.11 Å². The number of ketones is 1. The topological polar surface area (TPSA) is 80.0 Å². The van der Waals surface area contributed by atoms with Crippen molar-refractivity contribution in [1.82, 2.24) is 4.90 Å². The van der Waals surface area contributed by atoms with E-state index in [0.29, 0.717) is 17.1 Å². The summed E-state index contributed by atoms with van der Waals surface area (Å²) in [6.07, 6.45) is 2.40. The van der Waals surface area contributed by atoms with E-state index in [2.05, 4.69) is 6.92 Å². The van der Waals surface area contributed by atoms with Crippen LogP contribution in [0.2, 0.25) is 0 Å². The second kappa shape index (κ2) is 8.52. The third-order valence-electron chi connectivity index (χ3n) is 5.51. The Balaban J connectivity index is 1.83. The maximum absolute atomic E-state index is 13.0. The molecule has 31 heavy (non-hydrogen) atoms. The molecule has 1 amide bonds. The summed E-state index contributed by atoms with van der Waals surface area (Å²) in [7, 11) is 1.55. The molecule has 0 aliphatic carbocycles. The monoisotopic (exact) mass is 417 g/mol. The lowest BCUT2D eigenvalue weighted by atomic mass is 9.94. The second-order valence-corrected chi connectivity index (χ2v) is 7.33. The lowest BCUT2D eigenvalue weighted by Gasteiger charge is -2.24. The van der Waals surface area contributed by atoms with Gasteiger partial charge in [-0.25, -0.2) is 0 Å². The molecule has 1 atom stereocenters. The van der Waals surface area contributed by atoms with Crippen molar-refractivity contribution < 1.29 is 23.8 Å². The Kier molecular flexibility index (Phi) is 5.62. The number of hydrogen-bond donors (Lipinski definition) is 1. The summed E-state index contributed by atoms with van der Waals surface area (Å²) in [5.74, 6) is -0.420. The third-order valence-corrected chi connectivity index (χ3v) is 5.51. The average Bonchev–Trinajstić information content (AvgIpc) is 3.41. The zero-order chi connectivity index (χ0) is 22.0. The van der Waals surface area contributed by atoms with E-state index in [1.165, 1.54) is 11.2 Å². The predicted molar refractivity (Wildman–Crippen MR) is 115 cm³/mol. The zero-order valence-corrected chi connectivity index (χ0v) is 17.4. The van der Waals surface area contributed by atoms with Crippen LogP contribution in [0.4, 0.5) is 0 Å². The number of methoxy groups -OCH3 is 1. The SMILES string of the molecule is CCc1ccc([C@@H]2C(=C(O)c3ccc(OC)cc3)C(=O)C(=O)N2Cc2ccco2)cc1. The molecule has 6 nitrogen and oxygen atoms in total. The van der Waals surface area contributed by atoms with Crippen LogP contribution in [0, 0.1) is 0 Å². The van der Waals surface area contributed by atoms with Gasteiger partial charge in [-0.1, -0.05) is 31.2 Å². The number of amides is 1. The van der Waals surface area contributed by atoms with E-state index >= 15 is 0 Å². The van der Waals surface area contributed by atoms with E-state index in [1.54, 1.807) is 43.5 Å². The fraction of sp³-hybridized carbons (Fsp3) is 0.200. The Morgan fingerprint density at radius 1 is 1.06 bits per heavy atom. The number of nitrogens with zero attached hydrogens (tertiary/aromatic N) is 1. The summed E-state index contributed by atoms with van der Waals surface area (Å²) >= 11 is 0. The molecule has 1 aliphatic heterocycles. The number of ether oxygens (including phenoxy) is 1. The fourth-order valence-corrected chi connectivity index (χ4v) is 3.80. The number of aliphatic hydroxyl groups excluding tert-OH is 1. The van der Waals surface area contributed by atoms with E-state index in [0.717, 1.165) is 17.5 Å². The minimum atomic E-state index is -0.724. The largest absolute Gasteiger partial charge is 0.507 e. The molecule has 1 aromatic heterocycles. The van der Waals surface area contributed by atoms with Crippen LogP contribution < -0.4 is 4.74 Å². The molecular weight excluding hydrogens is 394 g/mol. The van der Waals surface area contributed by atoms with Gasteiger partial charge in [-0.15, -0.1) is 0 Å². The first-order valence-corrected chi connectivity index (χ1v) is 10.1. The quantitative estimate of drug-likeness (QED) is 0.364. The van der Waals surface area contributed by atoms with Crippen LogP contribution in [-0.4, -0.2) is 28.8 Å². The summed E-state index contributed by atoms with van der Waals surface area (Å²) < 4.78 is 10.6. The van der Waals surface area contributed by atoms with Gasteiger partial charge in [0, 0.05) is 5.56 Å². The first-order valence-electron chi connectivity index (χ1n) is 10.1. The van der Waals surface area contributed by atoms with E-state index < -0.39 is 17.7 Å². The van der Waals surface area contributed by atoms with E-state index in [1.807, 2.05) is 24.3 Å². The average molecular weight is 417 g/mol. The molecule has 0 bridgehead atoms. The molecule has 3 aromatic rings. The van der Waals surface area contributed by atoms with Crippen molar-refractivity contribution in [2.24, 2.45) is 0 Å². The minimum absolute atomic E-state index is 0.0611. The molecule has 1 saturated heterocycles. The maximum atomic E-state index is 13.0. The van der Waals surface area contributed by atoms with Gasteiger partial charge in [0.1, 0.15) is 17.3 Å². The number of aryl methyl sites for hydroxylation is 1. The number of rotatable bonds is 6. The number of benzene rings is 2. The standard InChI is InChI=1S/C25H23NO5/c1-3-16-6-8-17(9-7-16)22-21(23(27)18-10-12-19(30-2)13-11-18)24(28)25(29)26(22)15-20-5-4-14-31-20/h4-14,22,27H,3,15H2,1-2H3/t22-/m1/s1. The number of Topliss-reactive ketones (excluding diaryl/α,β-unsaturated/α-hetero) is 1. The molecule has 2 aromatic carbocycles. The molecule has 0 saturated carbocycles. The van der Waals surface area contributed by atoms with E-state index in [9.17, 15) is 14.7 Å². The van der Waals surface area contributed by atoms with Gasteiger partial charge >= 0.3 is 0 Å². The molecule has 0 unspecified atom stereocenters. The van der Waals surface area contributed by atoms with E-state index in [4.69, 9.17) is 9.15 Å². The van der Waals surface area contributed by atoms with Gasteiger partial charge in [-0.3, -0.25) is 9.59 Å². The van der Waals surface area contributed by atoms with Gasteiger partial charge in [-0.05, 0) is 53.9 Å². The van der Waals surface area contributed by atoms with Crippen molar-refractivity contribution in [1.29, 1.82) is 0 Å². The Bertz CT molecular complexity index is 1110. The van der Waals surface area contributed by atoms with E-state index in [-0.39, 0.29) is 17.9 Å². The highest BCUT2D eigenvalue weighted by atomic mass is 16.5. The van der Waals surface area contributed by atoms with Crippen molar-refractivity contribution in [3.63, 3.8) is 0 Å². The molecule has 0 radical (unpaired) electrons. The Labute approximate surface area is 180 Å². The summed E-state index contributed by atoms with van der Waals surface area (Å²) in [5.41, 5.74) is 2.39. The van der Waals surface area contributed by atoms with Gasteiger partial charge in [0.2, 0.25) is 0 Å². The van der Waals surface area contributed by atoms with Crippen LogP contribution in [0.5, 0.6) is 5.75 Å². The molecular formula is C25H23NO5. The molecule has 2 heterocycles. The number of furan rings is 1. The molecule has 1 N–H and O–H groups in total. The van der Waals surface area contributed by atoms with Crippen LogP contribution in [0.15, 0.2) is 76.9 Å². The van der Waals surface area contributed by atoms with Crippen LogP contribution in [0.25, 0.3) is 5.76 Å². The first-order chi connectivity index (χ1) is 15.0. The summed E-state index contributed by atoms with van der Waals surface area (Å²) in [5, 5.41) is 11.1. The number of carbonyl (C=O) groups is 2. The zero-order valence-electron chi connectivity index (χ0n) is 17.4. The molecule has 0 spiro atoms. The number of aliphatic hydroxyl groups is 1. The lowest BCUT2D eigenvalue weighted by Crippen LogP contribution is -2.29. The first kappa shape index (κ1) is 20.5. The highest BCUT2D eigenvalue weighted by molar-refractivity contribution is 6.46. The minimum Gasteiger partial charge on any atom is -0.507 e. The number of carbonyl (C=O) groups excluding carboxylic acids is 2. The van der Waals surface area contributed by atoms with Crippen molar-refractivity contribution in [2.45, 2.75) is 25.9 Å². The highest BCUT2D eigenvalue weighted by Gasteiger charge is 2.46. The van der Waals surface area contributed by atoms with Crippen molar-refractivity contribution in [3.8, 4) is 5.75 Å². The van der Waals surface area contributed by atoms with Crippen LogP contribution >= 0.6 is 0 Å². The van der Waals surface area contributed by atoms with Gasteiger partial charge in [-0.2, -0.15) is 0 Å². The number of likely N-dealkylation sites (tertiary alicyclic amines) is 1.